The van der Waals surface area contributed by atoms with Crippen LogP contribution in [0, 0.1) is 6.92 Å². The van der Waals surface area contributed by atoms with E-state index in [4.69, 9.17) is 27.9 Å². The van der Waals surface area contributed by atoms with Gasteiger partial charge in [0.05, 0.1) is 22.8 Å². The number of carbonyl (C=O) groups is 1. The van der Waals surface area contributed by atoms with Crippen LogP contribution in [-0.2, 0) is 14.8 Å². The van der Waals surface area contributed by atoms with Crippen molar-refractivity contribution in [1.29, 1.82) is 0 Å². The fraction of sp³-hybridized carbons (Fsp3) is 0.136. The van der Waals surface area contributed by atoms with Crippen LogP contribution in [0.1, 0.15) is 5.56 Å². The summed E-state index contributed by atoms with van der Waals surface area (Å²) in [4.78, 5) is 12.7. The van der Waals surface area contributed by atoms with E-state index in [1.165, 1.54) is 19.2 Å². The topological polar surface area (TPSA) is 75.7 Å². The zero-order valence-corrected chi connectivity index (χ0v) is 19.1. The van der Waals surface area contributed by atoms with Gasteiger partial charge in [-0.3, -0.25) is 9.10 Å². The summed E-state index contributed by atoms with van der Waals surface area (Å²) in [7, 11) is -2.72. The molecule has 3 aromatic rings. The Hall–Kier alpha value is -2.74. The van der Waals surface area contributed by atoms with Gasteiger partial charge < -0.3 is 10.1 Å². The van der Waals surface area contributed by atoms with Crippen LogP contribution in [0.2, 0.25) is 10.0 Å². The van der Waals surface area contributed by atoms with Gasteiger partial charge in [-0.05, 0) is 55.0 Å². The molecule has 0 aromatic heterocycles. The van der Waals surface area contributed by atoms with Crippen molar-refractivity contribution in [2.75, 3.05) is 23.3 Å². The molecule has 1 N–H and O–H groups in total. The van der Waals surface area contributed by atoms with E-state index in [1.807, 2.05) is 0 Å². The molecule has 3 rings (SSSR count). The zero-order valence-electron chi connectivity index (χ0n) is 16.8. The van der Waals surface area contributed by atoms with E-state index in [-0.39, 0.29) is 15.7 Å². The molecule has 0 aliphatic rings. The Morgan fingerprint density at radius 2 is 1.71 bits per heavy atom. The van der Waals surface area contributed by atoms with Gasteiger partial charge in [0, 0.05) is 5.69 Å². The first kappa shape index (κ1) is 22.9. The van der Waals surface area contributed by atoms with Crippen LogP contribution >= 0.6 is 23.2 Å². The van der Waals surface area contributed by atoms with E-state index in [2.05, 4.69) is 5.32 Å². The van der Waals surface area contributed by atoms with E-state index in [1.54, 1.807) is 61.5 Å². The van der Waals surface area contributed by atoms with Gasteiger partial charge in [-0.15, -0.1) is 0 Å². The molecule has 6 nitrogen and oxygen atoms in total. The van der Waals surface area contributed by atoms with Gasteiger partial charge in [-0.25, -0.2) is 8.42 Å². The van der Waals surface area contributed by atoms with Gasteiger partial charge in [-0.2, -0.15) is 0 Å². The Morgan fingerprint density at radius 1 is 1.00 bits per heavy atom. The molecule has 0 radical (unpaired) electrons. The molecule has 0 aliphatic carbocycles. The second-order valence-corrected chi connectivity index (χ2v) is 9.32. The second kappa shape index (κ2) is 9.60. The molecule has 0 bridgehead atoms. The molecule has 0 unspecified atom stereocenters. The van der Waals surface area contributed by atoms with Crippen molar-refractivity contribution in [3.63, 3.8) is 0 Å². The number of ether oxygens (including phenoxy) is 1. The fourth-order valence-electron chi connectivity index (χ4n) is 2.92. The number of halogens is 2. The molecule has 31 heavy (non-hydrogen) atoms. The first-order valence-corrected chi connectivity index (χ1v) is 11.4. The van der Waals surface area contributed by atoms with Crippen molar-refractivity contribution in [3.8, 4) is 5.75 Å². The number of nitrogens with zero attached hydrogens (tertiary/aromatic N) is 1. The van der Waals surface area contributed by atoms with Gasteiger partial charge in [0.2, 0.25) is 5.91 Å². The Balaban J connectivity index is 1.98. The van der Waals surface area contributed by atoms with Crippen molar-refractivity contribution in [2.45, 2.75) is 11.8 Å². The lowest BCUT2D eigenvalue weighted by atomic mass is 10.2. The summed E-state index contributed by atoms with van der Waals surface area (Å²) in [6, 6.07) is 17.9. The standard InChI is InChI=1S/C22H20Cl2N2O4S/c1-15-8-11-20(30-2)21(12-15)31(28,29)26(17-6-4-3-5-7-17)14-22(27)25-16-9-10-18(23)19(24)13-16/h3-13H,14H2,1-2H3,(H,25,27). The molecule has 1 amide bonds. The van der Waals surface area contributed by atoms with Gasteiger partial charge in [0.15, 0.2) is 0 Å². The van der Waals surface area contributed by atoms with Gasteiger partial charge in [0.25, 0.3) is 10.0 Å². The molecule has 162 valence electrons. The SMILES string of the molecule is COc1ccc(C)cc1S(=O)(=O)N(CC(=O)Nc1ccc(Cl)c(Cl)c1)c1ccccc1. The Bertz CT molecular complexity index is 1200. The number of aryl methyl sites for hydroxylation is 1. The first-order valence-electron chi connectivity index (χ1n) is 9.19. The van der Waals surface area contributed by atoms with E-state index in [0.717, 1.165) is 9.87 Å². The molecular weight excluding hydrogens is 459 g/mol. The summed E-state index contributed by atoms with van der Waals surface area (Å²) < 4.78 is 33.5. The maximum absolute atomic E-state index is 13.6. The monoisotopic (exact) mass is 478 g/mol. The summed E-state index contributed by atoms with van der Waals surface area (Å²) >= 11 is 11.9. The Kier molecular flexibility index (Phi) is 7.10. The Morgan fingerprint density at radius 3 is 2.35 bits per heavy atom. The van der Waals surface area contributed by atoms with Crippen LogP contribution in [0.15, 0.2) is 71.6 Å². The minimum absolute atomic E-state index is 0.0267. The van der Waals surface area contributed by atoms with Crippen LogP contribution in [0.4, 0.5) is 11.4 Å². The highest BCUT2D eigenvalue weighted by Gasteiger charge is 2.30. The number of sulfonamides is 1. The van der Waals surface area contributed by atoms with E-state index in [9.17, 15) is 13.2 Å². The van der Waals surface area contributed by atoms with Crippen molar-refractivity contribution >= 4 is 50.5 Å². The average Bonchev–Trinajstić information content (AvgIpc) is 2.75. The maximum atomic E-state index is 13.6. The number of para-hydroxylation sites is 1. The molecule has 0 heterocycles. The van der Waals surface area contributed by atoms with E-state index >= 15 is 0 Å². The quantitative estimate of drug-likeness (QED) is 0.509. The number of hydrogen-bond donors (Lipinski definition) is 1. The molecule has 0 saturated heterocycles. The molecular formula is C22H20Cl2N2O4S. The zero-order chi connectivity index (χ0) is 22.6. The van der Waals surface area contributed by atoms with Crippen molar-refractivity contribution < 1.29 is 17.9 Å². The number of amides is 1. The number of rotatable bonds is 7. The summed E-state index contributed by atoms with van der Waals surface area (Å²) in [6.45, 7) is 1.33. The summed E-state index contributed by atoms with van der Waals surface area (Å²) in [5.74, 6) is -0.353. The molecule has 3 aromatic carbocycles. The lowest BCUT2D eigenvalue weighted by molar-refractivity contribution is -0.114. The largest absolute Gasteiger partial charge is 0.495 e. The molecule has 0 aliphatic heterocycles. The third-order valence-corrected chi connectivity index (χ3v) is 6.96. The lowest BCUT2D eigenvalue weighted by Crippen LogP contribution is -2.38. The predicted molar refractivity (Wildman–Crippen MR) is 124 cm³/mol. The van der Waals surface area contributed by atoms with Crippen molar-refractivity contribution in [3.05, 3.63) is 82.3 Å². The van der Waals surface area contributed by atoms with Crippen LogP contribution in [-0.4, -0.2) is 28.0 Å². The highest BCUT2D eigenvalue weighted by Crippen LogP contribution is 2.31. The van der Waals surface area contributed by atoms with Crippen LogP contribution in [0.3, 0.4) is 0 Å². The van der Waals surface area contributed by atoms with E-state index < -0.39 is 22.5 Å². The minimum Gasteiger partial charge on any atom is -0.495 e. The van der Waals surface area contributed by atoms with E-state index in [0.29, 0.717) is 16.4 Å². The first-order chi connectivity index (χ1) is 14.7. The summed E-state index contributed by atoms with van der Waals surface area (Å²) in [5, 5.41) is 3.28. The van der Waals surface area contributed by atoms with Gasteiger partial charge >= 0.3 is 0 Å². The third kappa shape index (κ3) is 5.31. The number of carbonyl (C=O) groups excluding carboxylic acids is 1. The van der Waals surface area contributed by atoms with Gasteiger partial charge in [0.1, 0.15) is 17.2 Å². The van der Waals surface area contributed by atoms with Crippen LogP contribution in [0.25, 0.3) is 0 Å². The number of methoxy groups -OCH3 is 1. The molecule has 0 fully saturated rings. The van der Waals surface area contributed by atoms with Crippen molar-refractivity contribution in [2.24, 2.45) is 0 Å². The number of hydrogen-bond acceptors (Lipinski definition) is 4. The second-order valence-electron chi connectivity index (χ2n) is 6.68. The molecule has 0 atom stereocenters. The average molecular weight is 479 g/mol. The molecule has 9 heteroatoms. The maximum Gasteiger partial charge on any atom is 0.268 e. The highest BCUT2D eigenvalue weighted by molar-refractivity contribution is 7.93. The number of nitrogens with one attached hydrogen (secondary N) is 1. The van der Waals surface area contributed by atoms with Gasteiger partial charge in [-0.1, -0.05) is 47.5 Å². The van der Waals surface area contributed by atoms with Crippen LogP contribution in [0.5, 0.6) is 5.75 Å². The number of benzene rings is 3. The normalized spacial score (nSPS) is 11.1. The summed E-state index contributed by atoms with van der Waals surface area (Å²) in [6.07, 6.45) is 0. The lowest BCUT2D eigenvalue weighted by Gasteiger charge is -2.25. The highest BCUT2D eigenvalue weighted by atomic mass is 35.5. The number of anilines is 2. The smallest absolute Gasteiger partial charge is 0.268 e. The third-order valence-electron chi connectivity index (χ3n) is 4.42. The predicted octanol–water partition coefficient (Wildman–Crippen LogP) is 5.14. The summed E-state index contributed by atoms with van der Waals surface area (Å²) in [5.41, 5.74) is 1.49. The Labute approximate surface area is 191 Å². The molecule has 0 saturated carbocycles. The molecule has 0 spiro atoms. The van der Waals surface area contributed by atoms with Crippen molar-refractivity contribution in [1.82, 2.24) is 0 Å². The van der Waals surface area contributed by atoms with Crippen LogP contribution < -0.4 is 14.4 Å². The fourth-order valence-corrected chi connectivity index (χ4v) is 4.88. The minimum atomic E-state index is -4.12.